The van der Waals surface area contributed by atoms with E-state index >= 15 is 0 Å². The van der Waals surface area contributed by atoms with Gasteiger partial charge in [-0.1, -0.05) is 0 Å². The van der Waals surface area contributed by atoms with Gasteiger partial charge in [0.15, 0.2) is 0 Å². The zero-order valence-electron chi connectivity index (χ0n) is 9.61. The van der Waals surface area contributed by atoms with E-state index in [-0.39, 0.29) is 0 Å². The monoisotopic (exact) mass is 241 g/mol. The second kappa shape index (κ2) is 3.82. The van der Waals surface area contributed by atoms with Gasteiger partial charge in [0.2, 0.25) is 0 Å². The summed E-state index contributed by atoms with van der Waals surface area (Å²) < 4.78 is 5.36. The number of aromatic nitrogens is 1. The quantitative estimate of drug-likeness (QED) is 0.880. The molecule has 1 heterocycles. The average molecular weight is 241 g/mol. The third-order valence-electron chi connectivity index (χ3n) is 3.04. The van der Waals surface area contributed by atoms with Crippen LogP contribution in [0.3, 0.4) is 0 Å². The Balaban J connectivity index is 2.36. The Bertz CT molecular complexity index is 425. The molecule has 5 heteroatoms. The summed E-state index contributed by atoms with van der Waals surface area (Å²) in [6.45, 7) is 3.88. The van der Waals surface area contributed by atoms with Gasteiger partial charge in [0.1, 0.15) is 16.5 Å². The summed E-state index contributed by atoms with van der Waals surface area (Å²) in [4.78, 5) is 16.6. The number of aliphatic carboxylic acids is 1. The molecular weight excluding hydrogens is 226 g/mol. The molecule has 1 aliphatic rings. The van der Waals surface area contributed by atoms with Gasteiger partial charge in [-0.15, -0.1) is 11.3 Å². The number of carboxylic acid groups (broad SMARTS) is 1. The number of thiazole rings is 1. The van der Waals surface area contributed by atoms with Crippen LogP contribution < -0.4 is 0 Å². The Labute approximate surface area is 98.3 Å². The Morgan fingerprint density at radius 3 is 2.88 bits per heavy atom. The van der Waals surface area contributed by atoms with Crippen molar-refractivity contribution in [2.75, 3.05) is 7.11 Å². The van der Waals surface area contributed by atoms with E-state index in [0.29, 0.717) is 6.42 Å². The number of nitrogens with zero attached hydrogens (tertiary/aromatic N) is 1. The minimum absolute atomic E-state index is 0.423. The van der Waals surface area contributed by atoms with Gasteiger partial charge in [-0.2, -0.15) is 0 Å². The van der Waals surface area contributed by atoms with Crippen LogP contribution in [0.4, 0.5) is 0 Å². The van der Waals surface area contributed by atoms with Crippen molar-refractivity contribution in [2.24, 2.45) is 0 Å². The van der Waals surface area contributed by atoms with E-state index in [1.807, 2.05) is 13.8 Å². The summed E-state index contributed by atoms with van der Waals surface area (Å²) in [5.41, 5.74) is 0.315. The van der Waals surface area contributed by atoms with Gasteiger partial charge in [-0.25, -0.2) is 4.98 Å². The molecule has 0 amide bonds. The third kappa shape index (κ3) is 1.74. The van der Waals surface area contributed by atoms with E-state index in [9.17, 15) is 4.79 Å². The van der Waals surface area contributed by atoms with Crippen molar-refractivity contribution in [1.29, 1.82) is 0 Å². The van der Waals surface area contributed by atoms with Crippen LogP contribution >= 0.6 is 11.3 Å². The molecule has 0 aliphatic heterocycles. The summed E-state index contributed by atoms with van der Waals surface area (Å²) in [5, 5.41) is 9.93. The lowest BCUT2D eigenvalue weighted by Gasteiger charge is -2.19. The van der Waals surface area contributed by atoms with Gasteiger partial charge in [-0.3, -0.25) is 4.79 Å². The predicted octanol–water partition coefficient (Wildman–Crippen LogP) is 2.14. The van der Waals surface area contributed by atoms with E-state index in [1.165, 1.54) is 0 Å². The van der Waals surface area contributed by atoms with Crippen LogP contribution in [0.25, 0.3) is 0 Å². The summed E-state index contributed by atoms with van der Waals surface area (Å²) in [6, 6.07) is 0. The molecular formula is C11H15NO3S. The van der Waals surface area contributed by atoms with E-state index in [0.717, 1.165) is 22.0 Å². The lowest BCUT2D eigenvalue weighted by molar-refractivity contribution is -0.138. The number of hydrogen-bond acceptors (Lipinski definition) is 4. The molecule has 1 unspecified atom stereocenters. The topological polar surface area (TPSA) is 59.4 Å². The van der Waals surface area contributed by atoms with E-state index in [2.05, 4.69) is 4.98 Å². The van der Waals surface area contributed by atoms with Crippen molar-refractivity contribution < 1.29 is 14.6 Å². The highest BCUT2D eigenvalue weighted by Gasteiger charge is 2.35. The number of aryl methyl sites for hydroxylation is 1. The first kappa shape index (κ1) is 11.5. The van der Waals surface area contributed by atoms with Crippen molar-refractivity contribution in [3.05, 3.63) is 15.6 Å². The molecule has 0 fully saturated rings. The Kier molecular flexibility index (Phi) is 2.75. The van der Waals surface area contributed by atoms with Crippen molar-refractivity contribution >= 4 is 17.3 Å². The third-order valence-corrected chi connectivity index (χ3v) is 4.48. The zero-order valence-corrected chi connectivity index (χ0v) is 10.4. The maximum absolute atomic E-state index is 11.0. The second-order valence-corrected chi connectivity index (χ2v) is 5.55. The van der Waals surface area contributed by atoms with Gasteiger partial charge >= 0.3 is 5.97 Å². The molecule has 0 saturated carbocycles. The van der Waals surface area contributed by atoms with Crippen LogP contribution in [0, 0.1) is 0 Å². The molecule has 0 bridgehead atoms. The highest BCUT2D eigenvalue weighted by molar-refractivity contribution is 7.12. The van der Waals surface area contributed by atoms with Crippen LogP contribution in [0.2, 0.25) is 0 Å². The summed E-state index contributed by atoms with van der Waals surface area (Å²) in [5.74, 6) is -1.20. The largest absolute Gasteiger partial charge is 0.481 e. The molecule has 1 aromatic heterocycles. The first-order valence-corrected chi connectivity index (χ1v) is 6.05. The van der Waals surface area contributed by atoms with E-state index in [4.69, 9.17) is 9.84 Å². The molecule has 2 rings (SSSR count). The fourth-order valence-corrected chi connectivity index (χ4v) is 3.03. The van der Waals surface area contributed by atoms with Gasteiger partial charge in [0, 0.05) is 12.0 Å². The standard InChI is InChI=1S/C11H15NO3S/c1-11(2,15-3)10-12-8-6(9(13)14)4-5-7(8)16-10/h6H,4-5H2,1-3H3,(H,13,14). The molecule has 1 aliphatic carbocycles. The molecule has 1 aromatic rings. The van der Waals surface area contributed by atoms with Crippen molar-refractivity contribution in [3.8, 4) is 0 Å². The summed E-state index contributed by atoms with van der Waals surface area (Å²) >= 11 is 1.58. The van der Waals surface area contributed by atoms with Gasteiger partial charge in [-0.05, 0) is 26.7 Å². The average Bonchev–Trinajstić information content (AvgIpc) is 2.75. The summed E-state index contributed by atoms with van der Waals surface area (Å²) in [7, 11) is 1.64. The first-order valence-electron chi connectivity index (χ1n) is 5.23. The van der Waals surface area contributed by atoms with Crippen LogP contribution in [0.15, 0.2) is 0 Å². The van der Waals surface area contributed by atoms with E-state index < -0.39 is 17.5 Å². The van der Waals surface area contributed by atoms with Crippen molar-refractivity contribution in [1.82, 2.24) is 4.98 Å². The fraction of sp³-hybridized carbons (Fsp3) is 0.636. The number of fused-ring (bicyclic) bond motifs is 1. The van der Waals surface area contributed by atoms with Crippen LogP contribution in [-0.4, -0.2) is 23.2 Å². The van der Waals surface area contributed by atoms with E-state index in [1.54, 1.807) is 18.4 Å². The van der Waals surface area contributed by atoms with Crippen molar-refractivity contribution in [2.45, 2.75) is 38.2 Å². The predicted molar refractivity (Wildman–Crippen MR) is 60.8 cm³/mol. The van der Waals surface area contributed by atoms with Gasteiger partial charge in [0.05, 0.1) is 5.69 Å². The van der Waals surface area contributed by atoms with Crippen molar-refractivity contribution in [3.63, 3.8) is 0 Å². The van der Waals surface area contributed by atoms with Gasteiger partial charge < -0.3 is 9.84 Å². The normalized spacial score (nSPS) is 19.8. The number of rotatable bonds is 3. The SMILES string of the molecule is COC(C)(C)c1nc2c(s1)CCC2C(=O)O. The molecule has 0 spiro atoms. The Morgan fingerprint density at radius 1 is 1.62 bits per heavy atom. The highest BCUT2D eigenvalue weighted by Crippen LogP contribution is 2.40. The molecule has 88 valence electrons. The molecule has 1 atom stereocenters. The van der Waals surface area contributed by atoms with Gasteiger partial charge in [0.25, 0.3) is 0 Å². The number of ether oxygens (including phenoxy) is 1. The number of methoxy groups -OCH3 is 1. The smallest absolute Gasteiger partial charge is 0.312 e. The maximum atomic E-state index is 11.0. The lowest BCUT2D eigenvalue weighted by atomic mass is 10.1. The molecule has 0 saturated heterocycles. The molecule has 16 heavy (non-hydrogen) atoms. The second-order valence-electron chi connectivity index (χ2n) is 4.47. The number of carboxylic acids is 1. The Morgan fingerprint density at radius 2 is 2.31 bits per heavy atom. The Hall–Kier alpha value is -0.940. The number of hydrogen-bond donors (Lipinski definition) is 1. The lowest BCUT2D eigenvalue weighted by Crippen LogP contribution is -2.19. The van der Waals surface area contributed by atoms with Crippen LogP contribution in [-0.2, 0) is 21.6 Å². The minimum atomic E-state index is -0.772. The zero-order chi connectivity index (χ0) is 11.9. The fourth-order valence-electron chi connectivity index (χ4n) is 1.81. The molecule has 4 nitrogen and oxygen atoms in total. The molecule has 1 N–H and O–H groups in total. The van der Waals surface area contributed by atoms with Crippen LogP contribution in [0.1, 0.15) is 41.8 Å². The summed E-state index contributed by atoms with van der Waals surface area (Å²) in [6.07, 6.45) is 1.50. The first-order chi connectivity index (χ1) is 7.45. The van der Waals surface area contributed by atoms with Crippen LogP contribution in [0.5, 0.6) is 0 Å². The molecule has 0 radical (unpaired) electrons. The minimum Gasteiger partial charge on any atom is -0.481 e. The number of carbonyl (C=O) groups is 1. The highest BCUT2D eigenvalue weighted by atomic mass is 32.1. The maximum Gasteiger partial charge on any atom is 0.312 e. The molecule has 0 aromatic carbocycles.